The summed E-state index contributed by atoms with van der Waals surface area (Å²) in [5.41, 5.74) is 1.80. The smallest absolute Gasteiger partial charge is 0.216 e. The summed E-state index contributed by atoms with van der Waals surface area (Å²) in [6, 6.07) is 14.9. The molecule has 0 fully saturated rings. The van der Waals surface area contributed by atoms with Crippen LogP contribution in [-0.2, 0) is 0 Å². The monoisotopic (exact) mass is 344 g/mol. The first-order valence-electron chi connectivity index (χ1n) is 6.79. The molecule has 1 N–H and O–H groups in total. The summed E-state index contributed by atoms with van der Waals surface area (Å²) in [5, 5.41) is 12.1. The summed E-state index contributed by atoms with van der Waals surface area (Å²) in [7, 11) is 1.63. The van der Waals surface area contributed by atoms with Crippen LogP contribution in [0, 0.1) is 4.77 Å². The van der Waals surface area contributed by atoms with Crippen LogP contribution in [0.15, 0.2) is 53.6 Å². The lowest BCUT2D eigenvalue weighted by Crippen LogP contribution is -1.95. The van der Waals surface area contributed by atoms with Crippen molar-refractivity contribution in [3.8, 4) is 17.1 Å². The third kappa shape index (κ3) is 3.49. The number of nitrogens with one attached hydrogen (secondary N) is 1. The van der Waals surface area contributed by atoms with Gasteiger partial charge < -0.3 is 4.74 Å². The number of hydrogen-bond acceptors (Lipinski definition) is 4. The number of aromatic nitrogens is 3. The molecule has 5 nitrogen and oxygen atoms in total. The van der Waals surface area contributed by atoms with E-state index in [1.54, 1.807) is 18.0 Å². The van der Waals surface area contributed by atoms with Gasteiger partial charge in [0.15, 0.2) is 5.82 Å². The zero-order valence-electron chi connectivity index (χ0n) is 12.2. The molecule has 0 saturated heterocycles. The molecule has 1 aromatic heterocycles. The molecule has 116 valence electrons. The van der Waals surface area contributed by atoms with Crippen LogP contribution in [-0.4, -0.2) is 28.2 Å². The van der Waals surface area contributed by atoms with Crippen LogP contribution in [0.2, 0.25) is 5.02 Å². The molecule has 1 heterocycles. The number of hydrogen-bond donors (Lipinski definition) is 1. The van der Waals surface area contributed by atoms with Gasteiger partial charge in [0.25, 0.3) is 0 Å². The minimum atomic E-state index is 0.418. The Hall–Kier alpha value is -2.44. The Kier molecular flexibility index (Phi) is 4.55. The second kappa shape index (κ2) is 6.76. The summed E-state index contributed by atoms with van der Waals surface area (Å²) in [4.78, 5) is 0. The molecule has 0 amide bonds. The first kappa shape index (κ1) is 15.5. The van der Waals surface area contributed by atoms with Gasteiger partial charge in [-0.25, -0.2) is 5.10 Å². The Balaban J connectivity index is 1.95. The molecule has 0 aliphatic rings. The van der Waals surface area contributed by atoms with Crippen molar-refractivity contribution < 1.29 is 4.74 Å². The van der Waals surface area contributed by atoms with Crippen molar-refractivity contribution in [1.29, 1.82) is 0 Å². The number of H-pyrrole nitrogens is 1. The van der Waals surface area contributed by atoms with Crippen LogP contribution < -0.4 is 4.74 Å². The minimum absolute atomic E-state index is 0.418. The Morgan fingerprint density at radius 2 is 1.87 bits per heavy atom. The van der Waals surface area contributed by atoms with Gasteiger partial charge in [-0.15, -0.1) is 0 Å². The molecule has 0 radical (unpaired) electrons. The fraction of sp³-hybridized carbons (Fsp3) is 0.0625. The Bertz CT molecular complexity index is 882. The standard InChI is InChI=1S/C16H13ClN4OS/c1-22-14-8-4-12(5-9-14)15-19-20-16(23)21(15)18-10-11-2-6-13(17)7-3-11/h2-10H,1H3,(H,20,23)/b18-10-. The highest BCUT2D eigenvalue weighted by Crippen LogP contribution is 2.20. The van der Waals surface area contributed by atoms with Gasteiger partial charge in [-0.1, -0.05) is 23.7 Å². The van der Waals surface area contributed by atoms with E-state index >= 15 is 0 Å². The van der Waals surface area contributed by atoms with Gasteiger partial charge in [-0.05, 0) is 54.2 Å². The fourth-order valence-corrected chi connectivity index (χ4v) is 2.30. The molecule has 7 heteroatoms. The maximum atomic E-state index is 5.87. The summed E-state index contributed by atoms with van der Waals surface area (Å²) in [6.45, 7) is 0. The van der Waals surface area contributed by atoms with Crippen molar-refractivity contribution >= 4 is 30.0 Å². The number of nitrogens with zero attached hydrogens (tertiary/aromatic N) is 3. The topological polar surface area (TPSA) is 55.2 Å². The van der Waals surface area contributed by atoms with Gasteiger partial charge >= 0.3 is 0 Å². The van der Waals surface area contributed by atoms with E-state index in [4.69, 9.17) is 28.6 Å². The number of methoxy groups -OCH3 is 1. The van der Waals surface area contributed by atoms with Gasteiger partial charge in [-0.2, -0.15) is 14.9 Å². The molecule has 3 rings (SSSR count). The maximum Gasteiger partial charge on any atom is 0.216 e. The van der Waals surface area contributed by atoms with E-state index in [0.717, 1.165) is 16.9 Å². The third-order valence-electron chi connectivity index (χ3n) is 3.19. The minimum Gasteiger partial charge on any atom is -0.497 e. The van der Waals surface area contributed by atoms with Crippen molar-refractivity contribution in [2.75, 3.05) is 7.11 Å². The molecule has 3 aromatic rings. The fourth-order valence-electron chi connectivity index (χ4n) is 2.00. The van der Waals surface area contributed by atoms with E-state index in [0.29, 0.717) is 15.6 Å². The summed E-state index contributed by atoms with van der Waals surface area (Å²) in [6.07, 6.45) is 1.70. The average Bonchev–Trinajstić information content (AvgIpc) is 2.95. The number of aromatic amines is 1. The van der Waals surface area contributed by atoms with Crippen LogP contribution in [0.4, 0.5) is 0 Å². The van der Waals surface area contributed by atoms with Gasteiger partial charge in [0.2, 0.25) is 4.77 Å². The molecule has 2 aromatic carbocycles. The summed E-state index contributed by atoms with van der Waals surface area (Å²) in [5.74, 6) is 1.40. The van der Waals surface area contributed by atoms with Crippen molar-refractivity contribution in [3.05, 3.63) is 63.9 Å². The number of benzene rings is 2. The summed E-state index contributed by atoms with van der Waals surface area (Å²) < 4.78 is 7.15. The lowest BCUT2D eigenvalue weighted by molar-refractivity contribution is 0.415. The van der Waals surface area contributed by atoms with Gasteiger partial charge in [0.1, 0.15) is 5.75 Å². The number of rotatable bonds is 4. The molecule has 0 aliphatic heterocycles. The molecule has 0 bridgehead atoms. The molecule has 0 atom stereocenters. The van der Waals surface area contributed by atoms with E-state index in [9.17, 15) is 0 Å². The first-order valence-corrected chi connectivity index (χ1v) is 7.58. The van der Waals surface area contributed by atoms with Crippen LogP contribution in [0.5, 0.6) is 5.75 Å². The number of ether oxygens (including phenoxy) is 1. The Morgan fingerprint density at radius 1 is 1.17 bits per heavy atom. The molecule has 0 aliphatic carbocycles. The third-order valence-corrected chi connectivity index (χ3v) is 3.71. The van der Waals surface area contributed by atoms with E-state index in [2.05, 4.69) is 15.3 Å². The normalized spacial score (nSPS) is 11.0. The molecule has 0 spiro atoms. The maximum absolute atomic E-state index is 5.87. The van der Waals surface area contributed by atoms with E-state index in [-0.39, 0.29) is 0 Å². The van der Waals surface area contributed by atoms with E-state index in [1.807, 2.05) is 48.5 Å². The molecule has 0 unspecified atom stereocenters. The Labute approximate surface area is 143 Å². The second-order valence-corrected chi connectivity index (χ2v) is 5.51. The first-order chi connectivity index (χ1) is 11.2. The predicted octanol–water partition coefficient (Wildman–Crippen LogP) is 4.15. The van der Waals surface area contributed by atoms with Crippen LogP contribution in [0.1, 0.15) is 5.56 Å². The zero-order chi connectivity index (χ0) is 16.2. The quantitative estimate of drug-likeness (QED) is 0.571. The van der Waals surface area contributed by atoms with Crippen molar-refractivity contribution in [2.45, 2.75) is 0 Å². The van der Waals surface area contributed by atoms with Crippen LogP contribution in [0.3, 0.4) is 0 Å². The number of halogens is 1. The Morgan fingerprint density at radius 3 is 2.52 bits per heavy atom. The van der Waals surface area contributed by atoms with Crippen LogP contribution >= 0.6 is 23.8 Å². The highest BCUT2D eigenvalue weighted by Gasteiger charge is 2.08. The van der Waals surface area contributed by atoms with E-state index in [1.165, 1.54) is 0 Å². The SMILES string of the molecule is COc1ccc(-c2n[nH]c(=S)n2/N=C\c2ccc(Cl)cc2)cc1. The highest BCUT2D eigenvalue weighted by atomic mass is 35.5. The van der Waals surface area contributed by atoms with Crippen LogP contribution in [0.25, 0.3) is 11.4 Å². The highest BCUT2D eigenvalue weighted by molar-refractivity contribution is 7.71. The van der Waals surface area contributed by atoms with Crippen molar-refractivity contribution in [1.82, 2.24) is 14.9 Å². The molecular formula is C16H13ClN4OS. The van der Waals surface area contributed by atoms with Crippen molar-refractivity contribution in [2.24, 2.45) is 5.10 Å². The lowest BCUT2D eigenvalue weighted by Gasteiger charge is -2.03. The largest absolute Gasteiger partial charge is 0.497 e. The molecule has 23 heavy (non-hydrogen) atoms. The zero-order valence-corrected chi connectivity index (χ0v) is 13.8. The summed E-state index contributed by atoms with van der Waals surface area (Å²) >= 11 is 11.1. The van der Waals surface area contributed by atoms with Gasteiger partial charge in [-0.3, -0.25) is 0 Å². The lowest BCUT2D eigenvalue weighted by atomic mass is 10.2. The average molecular weight is 345 g/mol. The van der Waals surface area contributed by atoms with Gasteiger partial charge in [0, 0.05) is 10.6 Å². The molecule has 0 saturated carbocycles. The van der Waals surface area contributed by atoms with Gasteiger partial charge in [0.05, 0.1) is 13.3 Å². The predicted molar refractivity (Wildman–Crippen MR) is 93.8 cm³/mol. The molecular weight excluding hydrogens is 332 g/mol. The van der Waals surface area contributed by atoms with Crippen molar-refractivity contribution in [3.63, 3.8) is 0 Å². The van der Waals surface area contributed by atoms with E-state index < -0.39 is 0 Å². The second-order valence-electron chi connectivity index (χ2n) is 4.69.